The molecule has 0 spiro atoms. The van der Waals surface area contributed by atoms with E-state index in [0.717, 1.165) is 5.56 Å². The SMILES string of the molecule is C[C@@H]1[C@@H](C)OCCN1C(=O)CCc1ccc(C(=O)O)cc1. The van der Waals surface area contributed by atoms with Crippen LogP contribution in [0.25, 0.3) is 0 Å². The normalized spacial score (nSPS) is 22.1. The number of aryl methyl sites for hydroxylation is 1. The molecule has 1 aliphatic rings. The zero-order valence-corrected chi connectivity index (χ0v) is 12.4. The molecule has 0 bridgehead atoms. The number of ether oxygens (including phenoxy) is 1. The molecule has 114 valence electrons. The van der Waals surface area contributed by atoms with Gasteiger partial charge < -0.3 is 14.7 Å². The van der Waals surface area contributed by atoms with E-state index in [4.69, 9.17) is 9.84 Å². The predicted octanol–water partition coefficient (Wildman–Crippen LogP) is 1.95. The van der Waals surface area contributed by atoms with Crippen LogP contribution in [0.4, 0.5) is 0 Å². The lowest BCUT2D eigenvalue weighted by molar-refractivity contribution is -0.143. The van der Waals surface area contributed by atoms with Crippen LogP contribution in [0.5, 0.6) is 0 Å². The number of hydrogen-bond donors (Lipinski definition) is 1. The summed E-state index contributed by atoms with van der Waals surface area (Å²) in [6.45, 7) is 5.21. The van der Waals surface area contributed by atoms with E-state index in [1.54, 1.807) is 24.3 Å². The van der Waals surface area contributed by atoms with Gasteiger partial charge in [0.25, 0.3) is 0 Å². The molecule has 1 amide bonds. The van der Waals surface area contributed by atoms with Gasteiger partial charge in [0.15, 0.2) is 0 Å². The largest absolute Gasteiger partial charge is 0.478 e. The molecule has 1 heterocycles. The second-order valence-electron chi connectivity index (χ2n) is 5.41. The second-order valence-corrected chi connectivity index (χ2v) is 5.41. The van der Waals surface area contributed by atoms with Gasteiger partial charge >= 0.3 is 5.97 Å². The third kappa shape index (κ3) is 3.82. The van der Waals surface area contributed by atoms with E-state index in [1.807, 2.05) is 18.7 Å². The van der Waals surface area contributed by atoms with Crippen LogP contribution in [-0.2, 0) is 16.0 Å². The first-order valence-electron chi connectivity index (χ1n) is 7.22. The Morgan fingerprint density at radius 1 is 1.29 bits per heavy atom. The third-order valence-corrected chi connectivity index (χ3v) is 4.03. The Hall–Kier alpha value is -1.88. The van der Waals surface area contributed by atoms with E-state index >= 15 is 0 Å². The molecule has 1 aromatic carbocycles. The molecule has 0 aromatic heterocycles. The van der Waals surface area contributed by atoms with E-state index in [1.165, 1.54) is 0 Å². The summed E-state index contributed by atoms with van der Waals surface area (Å²) in [5.74, 6) is -0.811. The zero-order chi connectivity index (χ0) is 15.4. The van der Waals surface area contributed by atoms with E-state index in [2.05, 4.69) is 0 Å². The summed E-state index contributed by atoms with van der Waals surface area (Å²) in [5, 5.41) is 8.85. The summed E-state index contributed by atoms with van der Waals surface area (Å²) in [5.41, 5.74) is 1.24. The van der Waals surface area contributed by atoms with Gasteiger partial charge in [-0.1, -0.05) is 12.1 Å². The maximum absolute atomic E-state index is 12.3. The van der Waals surface area contributed by atoms with Crippen molar-refractivity contribution in [2.45, 2.75) is 38.8 Å². The standard InChI is InChI=1S/C16H21NO4/c1-11-12(2)21-10-9-17(11)15(18)8-5-13-3-6-14(7-4-13)16(19)20/h3-4,6-7,11-12H,5,8-10H2,1-2H3,(H,19,20)/t11-,12-/m1/s1. The van der Waals surface area contributed by atoms with Gasteiger partial charge in [-0.05, 0) is 38.0 Å². The van der Waals surface area contributed by atoms with Crippen molar-refractivity contribution in [3.05, 3.63) is 35.4 Å². The van der Waals surface area contributed by atoms with Crippen LogP contribution in [-0.4, -0.2) is 47.2 Å². The van der Waals surface area contributed by atoms with Crippen molar-refractivity contribution in [1.82, 2.24) is 4.90 Å². The Balaban J connectivity index is 1.90. The number of hydrogen-bond acceptors (Lipinski definition) is 3. The van der Waals surface area contributed by atoms with Crippen LogP contribution in [0.1, 0.15) is 36.2 Å². The molecule has 1 aliphatic heterocycles. The van der Waals surface area contributed by atoms with E-state index in [-0.39, 0.29) is 23.6 Å². The predicted molar refractivity (Wildman–Crippen MR) is 78.3 cm³/mol. The summed E-state index contributed by atoms with van der Waals surface area (Å²) in [4.78, 5) is 24.9. The minimum Gasteiger partial charge on any atom is -0.478 e. The smallest absolute Gasteiger partial charge is 0.335 e. The van der Waals surface area contributed by atoms with Gasteiger partial charge in [0.2, 0.25) is 5.91 Å². The van der Waals surface area contributed by atoms with Crippen LogP contribution in [0.2, 0.25) is 0 Å². The highest BCUT2D eigenvalue weighted by molar-refractivity contribution is 5.87. The van der Waals surface area contributed by atoms with Gasteiger partial charge in [-0.2, -0.15) is 0 Å². The number of nitrogens with zero attached hydrogens (tertiary/aromatic N) is 1. The van der Waals surface area contributed by atoms with Gasteiger partial charge in [-0.15, -0.1) is 0 Å². The summed E-state index contributed by atoms with van der Waals surface area (Å²) < 4.78 is 5.52. The van der Waals surface area contributed by atoms with Gasteiger partial charge in [-0.3, -0.25) is 4.79 Å². The van der Waals surface area contributed by atoms with Gasteiger partial charge in [-0.25, -0.2) is 4.79 Å². The van der Waals surface area contributed by atoms with E-state index in [0.29, 0.717) is 26.0 Å². The Labute approximate surface area is 124 Å². The number of aromatic carboxylic acids is 1. The van der Waals surface area contributed by atoms with Crippen molar-refractivity contribution in [2.75, 3.05) is 13.2 Å². The fraction of sp³-hybridized carbons (Fsp3) is 0.500. The van der Waals surface area contributed by atoms with Crippen molar-refractivity contribution < 1.29 is 19.4 Å². The average Bonchev–Trinajstić information content (AvgIpc) is 2.48. The first-order chi connectivity index (χ1) is 9.99. The highest BCUT2D eigenvalue weighted by Gasteiger charge is 2.28. The lowest BCUT2D eigenvalue weighted by atomic mass is 10.1. The minimum absolute atomic E-state index is 0.0672. The highest BCUT2D eigenvalue weighted by atomic mass is 16.5. The average molecular weight is 291 g/mol. The highest BCUT2D eigenvalue weighted by Crippen LogP contribution is 2.16. The van der Waals surface area contributed by atoms with Crippen molar-refractivity contribution in [2.24, 2.45) is 0 Å². The first-order valence-corrected chi connectivity index (χ1v) is 7.22. The molecule has 5 nitrogen and oxygen atoms in total. The summed E-state index contributed by atoms with van der Waals surface area (Å²) >= 11 is 0. The number of carbonyl (C=O) groups excluding carboxylic acids is 1. The van der Waals surface area contributed by atoms with Crippen molar-refractivity contribution in [1.29, 1.82) is 0 Å². The van der Waals surface area contributed by atoms with Crippen molar-refractivity contribution in [3.8, 4) is 0 Å². The number of benzene rings is 1. The van der Waals surface area contributed by atoms with Crippen LogP contribution < -0.4 is 0 Å². The molecule has 0 aliphatic carbocycles. The summed E-state index contributed by atoms with van der Waals surface area (Å²) in [6.07, 6.45) is 1.12. The summed E-state index contributed by atoms with van der Waals surface area (Å²) in [7, 11) is 0. The van der Waals surface area contributed by atoms with Gasteiger partial charge in [0.05, 0.1) is 24.3 Å². The third-order valence-electron chi connectivity index (χ3n) is 4.03. The molecule has 1 saturated heterocycles. The van der Waals surface area contributed by atoms with Gasteiger partial charge in [0, 0.05) is 13.0 Å². The lowest BCUT2D eigenvalue weighted by Gasteiger charge is -2.38. The Morgan fingerprint density at radius 2 is 1.95 bits per heavy atom. The molecule has 5 heteroatoms. The lowest BCUT2D eigenvalue weighted by Crippen LogP contribution is -2.51. The quantitative estimate of drug-likeness (QED) is 0.920. The molecule has 1 fully saturated rings. The Morgan fingerprint density at radius 3 is 2.57 bits per heavy atom. The molecule has 2 atom stereocenters. The van der Waals surface area contributed by atoms with Crippen LogP contribution in [0.15, 0.2) is 24.3 Å². The maximum Gasteiger partial charge on any atom is 0.335 e. The molecular weight excluding hydrogens is 270 g/mol. The van der Waals surface area contributed by atoms with Crippen LogP contribution >= 0.6 is 0 Å². The Bertz CT molecular complexity index is 512. The monoisotopic (exact) mass is 291 g/mol. The van der Waals surface area contributed by atoms with Crippen molar-refractivity contribution in [3.63, 3.8) is 0 Å². The molecule has 0 saturated carbocycles. The molecule has 1 aromatic rings. The fourth-order valence-corrected chi connectivity index (χ4v) is 2.49. The zero-order valence-electron chi connectivity index (χ0n) is 12.4. The first kappa shape index (κ1) is 15.5. The minimum atomic E-state index is -0.936. The molecule has 2 rings (SSSR count). The Kier molecular flexibility index (Phi) is 4.96. The van der Waals surface area contributed by atoms with Crippen LogP contribution in [0.3, 0.4) is 0 Å². The molecule has 0 radical (unpaired) electrons. The number of morpholine rings is 1. The number of carbonyl (C=O) groups is 2. The molecular formula is C16H21NO4. The number of carboxylic acid groups (broad SMARTS) is 1. The van der Waals surface area contributed by atoms with E-state index < -0.39 is 5.97 Å². The maximum atomic E-state index is 12.3. The number of amides is 1. The van der Waals surface area contributed by atoms with E-state index in [9.17, 15) is 9.59 Å². The van der Waals surface area contributed by atoms with Crippen LogP contribution in [0, 0.1) is 0 Å². The second kappa shape index (κ2) is 6.72. The van der Waals surface area contributed by atoms with Gasteiger partial charge in [0.1, 0.15) is 0 Å². The van der Waals surface area contributed by atoms with Crippen molar-refractivity contribution >= 4 is 11.9 Å². The molecule has 1 N–H and O–H groups in total. The molecule has 0 unspecified atom stereocenters. The molecule has 21 heavy (non-hydrogen) atoms. The number of rotatable bonds is 4. The number of carboxylic acids is 1. The topological polar surface area (TPSA) is 66.8 Å². The fourth-order valence-electron chi connectivity index (χ4n) is 2.49. The summed E-state index contributed by atoms with van der Waals surface area (Å²) in [6, 6.07) is 6.77.